The zero-order chi connectivity index (χ0) is 15.9. The SMILES string of the molecule is CCNS(=O)(=O)CCNC(=O)N1CCCC(CC(=O)O)C1. The molecule has 0 aromatic heterocycles. The fraction of sp³-hybridized carbons (Fsp3) is 0.833. The summed E-state index contributed by atoms with van der Waals surface area (Å²) in [5, 5.41) is 11.3. The number of hydrogen-bond acceptors (Lipinski definition) is 4. The molecule has 0 radical (unpaired) electrons. The second-order valence-corrected chi connectivity index (χ2v) is 7.03. The Morgan fingerprint density at radius 3 is 2.71 bits per heavy atom. The van der Waals surface area contributed by atoms with Gasteiger partial charge in [-0.05, 0) is 18.8 Å². The molecule has 0 spiro atoms. The lowest BCUT2D eigenvalue weighted by molar-refractivity contribution is -0.138. The minimum absolute atomic E-state index is 0.0347. The van der Waals surface area contributed by atoms with Gasteiger partial charge >= 0.3 is 12.0 Å². The Bertz CT molecular complexity index is 466. The number of hydrogen-bond donors (Lipinski definition) is 3. The minimum Gasteiger partial charge on any atom is -0.481 e. The van der Waals surface area contributed by atoms with Crippen molar-refractivity contribution in [3.05, 3.63) is 0 Å². The number of rotatable bonds is 7. The van der Waals surface area contributed by atoms with E-state index < -0.39 is 16.0 Å². The van der Waals surface area contributed by atoms with Gasteiger partial charge in [-0.1, -0.05) is 6.92 Å². The highest BCUT2D eigenvalue weighted by Gasteiger charge is 2.25. The van der Waals surface area contributed by atoms with Gasteiger partial charge in [0.05, 0.1) is 5.75 Å². The molecule has 8 nitrogen and oxygen atoms in total. The molecule has 1 aliphatic rings. The monoisotopic (exact) mass is 321 g/mol. The van der Waals surface area contributed by atoms with E-state index in [1.54, 1.807) is 11.8 Å². The van der Waals surface area contributed by atoms with Crippen molar-refractivity contribution in [3.63, 3.8) is 0 Å². The quantitative estimate of drug-likeness (QED) is 0.601. The van der Waals surface area contributed by atoms with Gasteiger partial charge in [0.1, 0.15) is 0 Å². The first-order valence-corrected chi connectivity index (χ1v) is 8.71. The zero-order valence-corrected chi connectivity index (χ0v) is 13.0. The summed E-state index contributed by atoms with van der Waals surface area (Å²) < 4.78 is 25.2. The van der Waals surface area contributed by atoms with Gasteiger partial charge in [0, 0.05) is 32.6 Å². The van der Waals surface area contributed by atoms with Crippen LogP contribution in [0.4, 0.5) is 4.79 Å². The van der Waals surface area contributed by atoms with E-state index >= 15 is 0 Å². The topological polar surface area (TPSA) is 116 Å². The molecule has 1 rings (SSSR count). The lowest BCUT2D eigenvalue weighted by atomic mass is 9.95. The summed E-state index contributed by atoms with van der Waals surface area (Å²) in [6.07, 6.45) is 1.62. The summed E-state index contributed by atoms with van der Waals surface area (Å²) in [4.78, 5) is 24.2. The number of sulfonamides is 1. The Balaban J connectivity index is 2.36. The van der Waals surface area contributed by atoms with Crippen LogP contribution < -0.4 is 10.0 Å². The molecule has 0 saturated carbocycles. The summed E-state index contributed by atoms with van der Waals surface area (Å²) in [5.74, 6) is -1.06. The predicted octanol–water partition coefficient (Wildman–Crippen LogP) is -0.178. The molecule has 0 aromatic carbocycles. The number of piperidine rings is 1. The fourth-order valence-electron chi connectivity index (χ4n) is 2.36. The van der Waals surface area contributed by atoms with Crippen LogP contribution in [0, 0.1) is 5.92 Å². The van der Waals surface area contributed by atoms with Crippen molar-refractivity contribution in [3.8, 4) is 0 Å². The van der Waals surface area contributed by atoms with Crippen LogP contribution in [0.3, 0.4) is 0 Å². The molecule has 2 amide bonds. The largest absolute Gasteiger partial charge is 0.481 e. The van der Waals surface area contributed by atoms with Crippen LogP contribution >= 0.6 is 0 Å². The lowest BCUT2D eigenvalue weighted by Crippen LogP contribution is -2.47. The smallest absolute Gasteiger partial charge is 0.317 e. The first-order chi connectivity index (χ1) is 9.84. The molecule has 3 N–H and O–H groups in total. The summed E-state index contributed by atoms with van der Waals surface area (Å²) in [6.45, 7) is 3.01. The third-order valence-electron chi connectivity index (χ3n) is 3.28. The number of amides is 2. The minimum atomic E-state index is -3.35. The summed E-state index contributed by atoms with van der Waals surface area (Å²) in [7, 11) is -3.35. The van der Waals surface area contributed by atoms with Crippen LogP contribution in [0.2, 0.25) is 0 Å². The maximum absolute atomic E-state index is 11.9. The molecule has 1 aliphatic heterocycles. The van der Waals surface area contributed by atoms with Crippen molar-refractivity contribution in [1.29, 1.82) is 0 Å². The predicted molar refractivity (Wildman–Crippen MR) is 77.4 cm³/mol. The highest BCUT2D eigenvalue weighted by atomic mass is 32.2. The number of carboxylic acid groups (broad SMARTS) is 1. The molecule has 1 unspecified atom stereocenters. The number of nitrogens with zero attached hydrogens (tertiary/aromatic N) is 1. The van der Waals surface area contributed by atoms with E-state index in [0.717, 1.165) is 12.8 Å². The van der Waals surface area contributed by atoms with Crippen LogP contribution in [0.15, 0.2) is 0 Å². The van der Waals surface area contributed by atoms with Gasteiger partial charge in [-0.3, -0.25) is 4.79 Å². The maximum atomic E-state index is 11.9. The van der Waals surface area contributed by atoms with Crippen molar-refractivity contribution in [1.82, 2.24) is 14.9 Å². The summed E-state index contributed by atoms with van der Waals surface area (Å²) in [5.41, 5.74) is 0. The molecule has 0 aromatic rings. The summed E-state index contributed by atoms with van der Waals surface area (Å²) in [6, 6.07) is -0.336. The van der Waals surface area contributed by atoms with E-state index in [2.05, 4.69) is 10.0 Å². The average Bonchev–Trinajstić information content (AvgIpc) is 2.37. The number of aliphatic carboxylic acids is 1. The van der Waals surface area contributed by atoms with Gasteiger partial charge in [-0.15, -0.1) is 0 Å². The average molecular weight is 321 g/mol. The van der Waals surface area contributed by atoms with E-state index in [0.29, 0.717) is 19.6 Å². The van der Waals surface area contributed by atoms with E-state index in [4.69, 9.17) is 5.11 Å². The number of carbonyl (C=O) groups is 2. The normalized spacial score (nSPS) is 19.3. The van der Waals surface area contributed by atoms with Crippen LogP contribution in [0.25, 0.3) is 0 Å². The Morgan fingerprint density at radius 2 is 2.10 bits per heavy atom. The molecule has 1 heterocycles. The third-order valence-corrected chi connectivity index (χ3v) is 4.75. The summed E-state index contributed by atoms with van der Waals surface area (Å²) >= 11 is 0. The molecule has 1 saturated heterocycles. The van der Waals surface area contributed by atoms with E-state index in [1.807, 2.05) is 0 Å². The van der Waals surface area contributed by atoms with E-state index in [1.165, 1.54) is 0 Å². The Morgan fingerprint density at radius 1 is 1.38 bits per heavy atom. The fourth-order valence-corrected chi connectivity index (χ4v) is 3.31. The van der Waals surface area contributed by atoms with Crippen LogP contribution in [-0.2, 0) is 14.8 Å². The van der Waals surface area contributed by atoms with Crippen LogP contribution in [0.5, 0.6) is 0 Å². The molecule has 9 heteroatoms. The van der Waals surface area contributed by atoms with Gasteiger partial charge in [-0.25, -0.2) is 17.9 Å². The van der Waals surface area contributed by atoms with Crippen LogP contribution in [-0.4, -0.2) is 62.4 Å². The molecular formula is C12H23N3O5S. The molecule has 1 fully saturated rings. The lowest BCUT2D eigenvalue weighted by Gasteiger charge is -2.32. The standard InChI is InChI=1S/C12H23N3O5S/c1-2-14-21(19,20)7-5-13-12(18)15-6-3-4-10(9-15)8-11(16)17/h10,14H,2-9H2,1H3,(H,13,18)(H,16,17). The number of carboxylic acids is 1. The molecule has 1 atom stereocenters. The second-order valence-electron chi connectivity index (χ2n) is 5.10. The molecule has 21 heavy (non-hydrogen) atoms. The number of likely N-dealkylation sites (tertiary alicyclic amines) is 1. The van der Waals surface area contributed by atoms with Crippen molar-refractivity contribution in [2.24, 2.45) is 5.92 Å². The van der Waals surface area contributed by atoms with Gasteiger partial charge < -0.3 is 15.3 Å². The van der Waals surface area contributed by atoms with Crippen molar-refractivity contribution < 1.29 is 23.1 Å². The van der Waals surface area contributed by atoms with Crippen molar-refractivity contribution in [2.75, 3.05) is 31.9 Å². The number of urea groups is 1. The van der Waals surface area contributed by atoms with Gasteiger partial charge in [0.15, 0.2) is 0 Å². The van der Waals surface area contributed by atoms with Gasteiger partial charge in [0.25, 0.3) is 0 Å². The van der Waals surface area contributed by atoms with Crippen molar-refractivity contribution >= 4 is 22.0 Å². The number of carbonyl (C=O) groups excluding carboxylic acids is 1. The molecule has 0 bridgehead atoms. The highest BCUT2D eigenvalue weighted by molar-refractivity contribution is 7.89. The zero-order valence-electron chi connectivity index (χ0n) is 12.2. The Labute approximate surface area is 124 Å². The molecule has 0 aliphatic carbocycles. The Hall–Kier alpha value is -1.35. The number of nitrogens with one attached hydrogen (secondary N) is 2. The van der Waals surface area contributed by atoms with Crippen LogP contribution in [0.1, 0.15) is 26.2 Å². The second kappa shape index (κ2) is 8.18. The highest BCUT2D eigenvalue weighted by Crippen LogP contribution is 2.19. The third kappa shape index (κ3) is 6.76. The van der Waals surface area contributed by atoms with E-state index in [-0.39, 0.29) is 30.7 Å². The first-order valence-electron chi connectivity index (χ1n) is 7.06. The van der Waals surface area contributed by atoms with E-state index in [9.17, 15) is 18.0 Å². The van der Waals surface area contributed by atoms with Gasteiger partial charge in [0.2, 0.25) is 10.0 Å². The Kier molecular flexibility index (Phi) is 6.90. The maximum Gasteiger partial charge on any atom is 0.317 e. The van der Waals surface area contributed by atoms with Gasteiger partial charge in [-0.2, -0.15) is 0 Å². The first kappa shape index (κ1) is 17.7. The molecular weight excluding hydrogens is 298 g/mol. The van der Waals surface area contributed by atoms with Crippen molar-refractivity contribution in [2.45, 2.75) is 26.2 Å². The molecule has 122 valence electrons.